The summed E-state index contributed by atoms with van der Waals surface area (Å²) in [6, 6.07) is 17.4. The number of phenolic OH excluding ortho intramolecular Hbond substituents is 1. The van der Waals surface area contributed by atoms with Crippen molar-refractivity contribution in [1.82, 2.24) is 4.90 Å². The lowest BCUT2D eigenvalue weighted by Gasteiger charge is -2.32. The van der Waals surface area contributed by atoms with Crippen molar-refractivity contribution in [2.45, 2.75) is 58.4 Å². The van der Waals surface area contributed by atoms with E-state index in [-0.39, 0.29) is 5.82 Å². The van der Waals surface area contributed by atoms with Crippen LogP contribution in [0.15, 0.2) is 54.6 Å². The van der Waals surface area contributed by atoms with Gasteiger partial charge in [0, 0.05) is 31.4 Å². The molecule has 1 unspecified atom stereocenters. The Bertz CT molecular complexity index is 1230. The first-order valence-corrected chi connectivity index (χ1v) is 14.2. The molecule has 0 radical (unpaired) electrons. The van der Waals surface area contributed by atoms with Crippen molar-refractivity contribution in [3.05, 3.63) is 82.7 Å². The van der Waals surface area contributed by atoms with E-state index in [0.717, 1.165) is 68.7 Å². The van der Waals surface area contributed by atoms with E-state index >= 15 is 0 Å². The normalized spacial score (nSPS) is 14.8. The van der Waals surface area contributed by atoms with E-state index in [4.69, 9.17) is 9.47 Å². The highest BCUT2D eigenvalue weighted by Crippen LogP contribution is 2.40. The van der Waals surface area contributed by atoms with Crippen molar-refractivity contribution >= 4 is 5.69 Å². The van der Waals surface area contributed by atoms with Crippen molar-refractivity contribution in [2.24, 2.45) is 0 Å². The maximum atomic E-state index is 15.0. The van der Waals surface area contributed by atoms with Gasteiger partial charge in [0.15, 0.2) is 11.6 Å². The zero-order valence-corrected chi connectivity index (χ0v) is 23.9. The fraction of sp³-hybridized carbons (Fsp3) is 0.455. The van der Waals surface area contributed by atoms with E-state index < -0.39 is 0 Å². The molecule has 0 spiro atoms. The van der Waals surface area contributed by atoms with Crippen LogP contribution < -0.4 is 14.4 Å². The molecule has 0 fully saturated rings. The molecule has 0 heterocycles. The summed E-state index contributed by atoms with van der Waals surface area (Å²) in [6.45, 7) is 7.94. The van der Waals surface area contributed by atoms with E-state index in [1.807, 2.05) is 24.3 Å². The summed E-state index contributed by atoms with van der Waals surface area (Å²) in [5, 5.41) is 9.89. The predicted octanol–water partition coefficient (Wildman–Crippen LogP) is 6.95. The van der Waals surface area contributed by atoms with Gasteiger partial charge in [-0.1, -0.05) is 31.5 Å². The van der Waals surface area contributed by atoms with E-state index in [1.165, 1.54) is 16.7 Å². The quantitative estimate of drug-likeness (QED) is 0.257. The number of rotatable bonds is 13. The van der Waals surface area contributed by atoms with Gasteiger partial charge >= 0.3 is 0 Å². The van der Waals surface area contributed by atoms with Gasteiger partial charge in [0.2, 0.25) is 0 Å². The summed E-state index contributed by atoms with van der Waals surface area (Å²) in [7, 11) is 3.76. The molecule has 0 saturated carbocycles. The second kappa shape index (κ2) is 13.7. The Morgan fingerprint density at radius 3 is 2.59 bits per heavy atom. The van der Waals surface area contributed by atoms with E-state index in [0.29, 0.717) is 30.6 Å². The molecule has 0 aliphatic heterocycles. The minimum absolute atomic E-state index is 0.305. The zero-order chi connectivity index (χ0) is 27.8. The highest BCUT2D eigenvalue weighted by Gasteiger charge is 2.25. The molecule has 1 aliphatic rings. The number of aryl methyl sites for hydroxylation is 1. The van der Waals surface area contributed by atoms with E-state index in [1.54, 1.807) is 25.3 Å². The third-order valence-electron chi connectivity index (χ3n) is 7.81. The van der Waals surface area contributed by atoms with Gasteiger partial charge in [-0.3, -0.25) is 0 Å². The molecule has 6 heteroatoms. The average Bonchev–Trinajstić information content (AvgIpc) is 2.95. The lowest BCUT2D eigenvalue weighted by molar-refractivity contribution is 0.229. The van der Waals surface area contributed by atoms with Gasteiger partial charge in [0.05, 0.1) is 7.11 Å². The molecule has 1 atom stereocenters. The number of anilines is 1. The van der Waals surface area contributed by atoms with Crippen LogP contribution in [0.4, 0.5) is 10.1 Å². The van der Waals surface area contributed by atoms with Gasteiger partial charge in [0.1, 0.15) is 18.1 Å². The number of hydrogen-bond donors (Lipinski definition) is 1. The molecule has 0 bridgehead atoms. The summed E-state index contributed by atoms with van der Waals surface area (Å²) in [5.41, 5.74) is 5.84. The Labute approximate surface area is 233 Å². The lowest BCUT2D eigenvalue weighted by atomic mass is 9.79. The van der Waals surface area contributed by atoms with E-state index in [9.17, 15) is 9.50 Å². The Hall–Kier alpha value is -3.25. The molecule has 0 amide bonds. The van der Waals surface area contributed by atoms with Gasteiger partial charge in [-0.05, 0) is 105 Å². The van der Waals surface area contributed by atoms with Crippen molar-refractivity contribution in [3.8, 4) is 17.2 Å². The summed E-state index contributed by atoms with van der Waals surface area (Å²) in [5.74, 6) is 1.49. The first kappa shape index (κ1) is 28.8. The number of hydrogen-bond acceptors (Lipinski definition) is 5. The first-order valence-electron chi connectivity index (χ1n) is 14.2. The fourth-order valence-corrected chi connectivity index (χ4v) is 5.48. The van der Waals surface area contributed by atoms with Crippen molar-refractivity contribution in [2.75, 3.05) is 45.3 Å². The number of phenols is 1. The highest BCUT2D eigenvalue weighted by atomic mass is 19.1. The largest absolute Gasteiger partial charge is 0.508 e. The van der Waals surface area contributed by atoms with Gasteiger partial charge in [0.25, 0.3) is 0 Å². The highest BCUT2D eigenvalue weighted by molar-refractivity contribution is 5.60. The second-order valence-electron chi connectivity index (χ2n) is 10.6. The number of benzene rings is 3. The molecule has 4 rings (SSSR count). The predicted molar refractivity (Wildman–Crippen MR) is 157 cm³/mol. The molecule has 5 nitrogen and oxygen atoms in total. The monoisotopic (exact) mass is 534 g/mol. The number of fused-ring (bicyclic) bond motifs is 1. The van der Waals surface area contributed by atoms with Crippen molar-refractivity contribution in [1.29, 1.82) is 0 Å². The van der Waals surface area contributed by atoms with Crippen LogP contribution in [-0.2, 0) is 19.4 Å². The third kappa shape index (κ3) is 7.45. The molecule has 210 valence electrons. The molecule has 3 aromatic rings. The van der Waals surface area contributed by atoms with Crippen LogP contribution in [0.25, 0.3) is 0 Å². The minimum Gasteiger partial charge on any atom is -0.508 e. The molecule has 0 aromatic heterocycles. The Morgan fingerprint density at radius 2 is 1.85 bits per heavy atom. The van der Waals surface area contributed by atoms with Crippen molar-refractivity contribution < 1.29 is 19.0 Å². The molecule has 3 aromatic carbocycles. The lowest BCUT2D eigenvalue weighted by Crippen LogP contribution is -2.25. The van der Waals surface area contributed by atoms with E-state index in [2.05, 4.69) is 42.8 Å². The summed E-state index contributed by atoms with van der Waals surface area (Å²) >= 11 is 0. The number of nitrogens with zero attached hydrogens (tertiary/aromatic N) is 2. The maximum Gasteiger partial charge on any atom is 0.165 e. The number of likely N-dealkylation sites (N-methyl/N-ethyl adjacent to an activating group) is 1. The molecule has 0 saturated heterocycles. The summed E-state index contributed by atoms with van der Waals surface area (Å²) < 4.78 is 26.3. The van der Waals surface area contributed by atoms with Crippen LogP contribution in [0.2, 0.25) is 0 Å². The molecule has 1 aliphatic carbocycles. The number of ether oxygens (including phenoxy) is 2. The van der Waals surface area contributed by atoms with Gasteiger partial charge < -0.3 is 24.4 Å². The number of halogens is 1. The third-order valence-corrected chi connectivity index (χ3v) is 7.81. The number of unbranched alkanes of at least 4 members (excludes halogenated alkanes) is 1. The van der Waals surface area contributed by atoms with Crippen molar-refractivity contribution in [3.63, 3.8) is 0 Å². The summed E-state index contributed by atoms with van der Waals surface area (Å²) in [6.07, 6.45) is 5.20. The Balaban J connectivity index is 1.49. The number of aromatic hydroxyl groups is 1. The van der Waals surface area contributed by atoms with Crippen LogP contribution >= 0.6 is 0 Å². The first-order chi connectivity index (χ1) is 18.9. The molecular weight excluding hydrogens is 491 g/mol. The zero-order valence-electron chi connectivity index (χ0n) is 23.9. The number of methoxy groups -OCH3 is 1. The standard InChI is InChI=1S/C33H43FN2O3/c1-5-7-16-35(3)17-18-39-33-15-8-24(19-31(33)34)23-36(6-2)32-22-29(38-4)13-14-30(32)27-10-9-26-21-28(37)12-11-25(26)20-27/h8,11-15,19,21-22,27,37H,5-7,9-10,16-18,20,23H2,1-4H3. The molecule has 39 heavy (non-hydrogen) atoms. The van der Waals surface area contributed by atoms with Crippen LogP contribution in [0.1, 0.15) is 61.3 Å². The SMILES string of the molecule is CCCCN(C)CCOc1ccc(CN(CC)c2cc(OC)ccc2C2CCc3cc(O)ccc3C2)cc1F. The van der Waals surface area contributed by atoms with Crippen LogP contribution in [-0.4, -0.2) is 50.4 Å². The van der Waals surface area contributed by atoms with Gasteiger partial charge in [-0.25, -0.2) is 4.39 Å². The minimum atomic E-state index is -0.322. The Morgan fingerprint density at radius 1 is 1.00 bits per heavy atom. The topological polar surface area (TPSA) is 45.2 Å². The Kier molecular flexibility index (Phi) is 10.1. The van der Waals surface area contributed by atoms with Crippen LogP contribution in [0, 0.1) is 5.82 Å². The average molecular weight is 535 g/mol. The second-order valence-corrected chi connectivity index (χ2v) is 10.6. The van der Waals surface area contributed by atoms with Crippen LogP contribution in [0.5, 0.6) is 17.2 Å². The van der Waals surface area contributed by atoms with Gasteiger partial charge in [-0.2, -0.15) is 0 Å². The maximum absolute atomic E-state index is 15.0. The summed E-state index contributed by atoms with van der Waals surface area (Å²) in [4.78, 5) is 4.51. The molecule has 1 N–H and O–H groups in total. The van der Waals surface area contributed by atoms with Gasteiger partial charge in [-0.15, -0.1) is 0 Å². The van der Waals surface area contributed by atoms with Crippen LogP contribution in [0.3, 0.4) is 0 Å². The fourth-order valence-electron chi connectivity index (χ4n) is 5.48. The smallest absolute Gasteiger partial charge is 0.165 e. The molecular formula is C33H43FN2O3.